The van der Waals surface area contributed by atoms with Crippen LogP contribution in [0.15, 0.2) is 85.6 Å². The minimum absolute atomic E-state index is 0.0692. The SMILES string of the molecule is C=CCC(/C=C/c1ccccc1)Oc1cccc2cccnc12. The van der Waals surface area contributed by atoms with E-state index in [1.807, 2.05) is 54.6 Å². The van der Waals surface area contributed by atoms with Crippen LogP contribution in [0.5, 0.6) is 5.75 Å². The molecule has 114 valence electrons. The summed E-state index contributed by atoms with van der Waals surface area (Å²) in [5.74, 6) is 0.799. The van der Waals surface area contributed by atoms with E-state index < -0.39 is 0 Å². The molecule has 0 fully saturated rings. The molecule has 1 atom stereocenters. The van der Waals surface area contributed by atoms with E-state index in [-0.39, 0.29) is 6.10 Å². The molecule has 0 aliphatic rings. The summed E-state index contributed by atoms with van der Waals surface area (Å²) in [4.78, 5) is 4.44. The van der Waals surface area contributed by atoms with Crippen molar-refractivity contribution in [1.82, 2.24) is 4.98 Å². The van der Waals surface area contributed by atoms with Gasteiger partial charge in [-0.15, -0.1) is 6.58 Å². The van der Waals surface area contributed by atoms with Gasteiger partial charge in [-0.2, -0.15) is 0 Å². The number of para-hydroxylation sites is 1. The smallest absolute Gasteiger partial charge is 0.146 e. The van der Waals surface area contributed by atoms with Gasteiger partial charge < -0.3 is 4.74 Å². The monoisotopic (exact) mass is 301 g/mol. The molecule has 2 nitrogen and oxygen atoms in total. The highest BCUT2D eigenvalue weighted by atomic mass is 16.5. The molecule has 2 aromatic carbocycles. The van der Waals surface area contributed by atoms with Crippen molar-refractivity contribution in [2.24, 2.45) is 0 Å². The molecule has 3 aromatic rings. The summed E-state index contributed by atoms with van der Waals surface area (Å²) in [6.07, 6.45) is 8.48. The molecule has 0 spiro atoms. The minimum atomic E-state index is -0.0692. The number of aromatic nitrogens is 1. The lowest BCUT2D eigenvalue weighted by Crippen LogP contribution is -2.12. The van der Waals surface area contributed by atoms with Crippen molar-refractivity contribution < 1.29 is 4.74 Å². The number of pyridine rings is 1. The number of hydrogen-bond acceptors (Lipinski definition) is 2. The van der Waals surface area contributed by atoms with Crippen LogP contribution in [-0.4, -0.2) is 11.1 Å². The molecule has 1 aromatic heterocycles. The number of ether oxygens (including phenoxy) is 1. The number of rotatable bonds is 6. The van der Waals surface area contributed by atoms with E-state index in [9.17, 15) is 0 Å². The van der Waals surface area contributed by atoms with Crippen LogP contribution in [0.2, 0.25) is 0 Å². The van der Waals surface area contributed by atoms with Crippen LogP contribution in [0, 0.1) is 0 Å². The Hall–Kier alpha value is -2.87. The second-order valence-corrected chi connectivity index (χ2v) is 5.28. The first-order valence-electron chi connectivity index (χ1n) is 7.71. The molecule has 3 rings (SSSR count). The molecule has 0 amide bonds. The molecule has 0 radical (unpaired) electrons. The second kappa shape index (κ2) is 7.41. The topological polar surface area (TPSA) is 22.1 Å². The average Bonchev–Trinajstić information content (AvgIpc) is 2.61. The molecule has 1 unspecified atom stereocenters. The Morgan fingerprint density at radius 1 is 1.00 bits per heavy atom. The Morgan fingerprint density at radius 3 is 2.65 bits per heavy atom. The van der Waals surface area contributed by atoms with Gasteiger partial charge in [-0.3, -0.25) is 4.98 Å². The summed E-state index contributed by atoms with van der Waals surface area (Å²) >= 11 is 0. The summed E-state index contributed by atoms with van der Waals surface area (Å²) < 4.78 is 6.17. The quantitative estimate of drug-likeness (QED) is 0.578. The van der Waals surface area contributed by atoms with E-state index in [2.05, 4.69) is 35.8 Å². The standard InChI is InChI=1S/C21H19NO/c1-2-8-19(15-14-17-9-4-3-5-10-17)23-20-13-6-11-18-12-7-16-22-21(18)20/h2-7,9-16,19H,1,8H2/b15-14+. The van der Waals surface area contributed by atoms with Gasteiger partial charge in [0.15, 0.2) is 0 Å². The van der Waals surface area contributed by atoms with Gasteiger partial charge in [0.2, 0.25) is 0 Å². The second-order valence-electron chi connectivity index (χ2n) is 5.28. The van der Waals surface area contributed by atoms with E-state index in [0.29, 0.717) is 0 Å². The third-order valence-corrected chi connectivity index (χ3v) is 3.58. The Labute approximate surface area is 136 Å². The summed E-state index contributed by atoms with van der Waals surface area (Å²) in [5, 5.41) is 1.08. The largest absolute Gasteiger partial charge is 0.484 e. The van der Waals surface area contributed by atoms with Crippen molar-refractivity contribution in [3.05, 3.63) is 91.2 Å². The third-order valence-electron chi connectivity index (χ3n) is 3.58. The lowest BCUT2D eigenvalue weighted by Gasteiger charge is -2.15. The molecular formula is C21H19NO. The molecule has 0 N–H and O–H groups in total. The van der Waals surface area contributed by atoms with Crippen molar-refractivity contribution in [3.63, 3.8) is 0 Å². The molecular weight excluding hydrogens is 282 g/mol. The molecule has 0 bridgehead atoms. The summed E-state index contributed by atoms with van der Waals surface area (Å²) in [7, 11) is 0. The average molecular weight is 301 g/mol. The van der Waals surface area contributed by atoms with Crippen LogP contribution in [-0.2, 0) is 0 Å². The first kappa shape index (κ1) is 15.0. The van der Waals surface area contributed by atoms with Crippen LogP contribution in [0.3, 0.4) is 0 Å². The summed E-state index contributed by atoms with van der Waals surface area (Å²) in [6.45, 7) is 3.83. The highest BCUT2D eigenvalue weighted by Crippen LogP contribution is 2.25. The first-order chi connectivity index (χ1) is 11.4. The zero-order chi connectivity index (χ0) is 15.9. The molecule has 23 heavy (non-hydrogen) atoms. The molecule has 0 saturated carbocycles. The van der Waals surface area contributed by atoms with Gasteiger partial charge in [0, 0.05) is 18.0 Å². The molecule has 0 saturated heterocycles. The minimum Gasteiger partial charge on any atom is -0.484 e. The van der Waals surface area contributed by atoms with E-state index >= 15 is 0 Å². The molecule has 1 heterocycles. The van der Waals surface area contributed by atoms with Crippen molar-refractivity contribution >= 4 is 17.0 Å². The first-order valence-corrected chi connectivity index (χ1v) is 7.71. The van der Waals surface area contributed by atoms with Gasteiger partial charge in [0.05, 0.1) is 0 Å². The molecule has 0 aliphatic carbocycles. The molecule has 0 aliphatic heterocycles. The van der Waals surface area contributed by atoms with Crippen LogP contribution in [0.1, 0.15) is 12.0 Å². The number of hydrogen-bond donors (Lipinski definition) is 0. The van der Waals surface area contributed by atoms with Crippen molar-refractivity contribution in [3.8, 4) is 5.75 Å². The van der Waals surface area contributed by atoms with Gasteiger partial charge in [0.1, 0.15) is 17.4 Å². The fourth-order valence-electron chi connectivity index (χ4n) is 2.45. The van der Waals surface area contributed by atoms with Gasteiger partial charge >= 0.3 is 0 Å². The van der Waals surface area contributed by atoms with Crippen LogP contribution < -0.4 is 4.74 Å². The zero-order valence-corrected chi connectivity index (χ0v) is 12.9. The maximum absolute atomic E-state index is 6.17. The van der Waals surface area contributed by atoms with Crippen molar-refractivity contribution in [2.75, 3.05) is 0 Å². The Bertz CT molecular complexity index is 803. The van der Waals surface area contributed by atoms with Crippen LogP contribution in [0.25, 0.3) is 17.0 Å². The van der Waals surface area contributed by atoms with E-state index in [1.165, 1.54) is 0 Å². The van der Waals surface area contributed by atoms with E-state index in [4.69, 9.17) is 4.74 Å². The van der Waals surface area contributed by atoms with Crippen molar-refractivity contribution in [1.29, 1.82) is 0 Å². The fraction of sp³-hybridized carbons (Fsp3) is 0.0952. The third kappa shape index (κ3) is 3.86. The maximum atomic E-state index is 6.17. The summed E-state index contributed by atoms with van der Waals surface area (Å²) in [6, 6.07) is 20.2. The predicted octanol–water partition coefficient (Wildman–Crippen LogP) is 5.27. The number of nitrogens with zero attached hydrogens (tertiary/aromatic N) is 1. The lowest BCUT2D eigenvalue weighted by molar-refractivity contribution is 0.256. The van der Waals surface area contributed by atoms with E-state index in [1.54, 1.807) is 6.20 Å². The van der Waals surface area contributed by atoms with Crippen LogP contribution in [0.4, 0.5) is 0 Å². The fourth-order valence-corrected chi connectivity index (χ4v) is 2.45. The summed E-state index contributed by atoms with van der Waals surface area (Å²) in [5.41, 5.74) is 2.04. The predicted molar refractivity (Wildman–Crippen MR) is 96.4 cm³/mol. The van der Waals surface area contributed by atoms with Crippen LogP contribution >= 0.6 is 0 Å². The van der Waals surface area contributed by atoms with Gasteiger partial charge in [0.25, 0.3) is 0 Å². The highest BCUT2D eigenvalue weighted by Gasteiger charge is 2.08. The van der Waals surface area contributed by atoms with Crippen molar-refractivity contribution in [2.45, 2.75) is 12.5 Å². The number of benzene rings is 2. The Balaban J connectivity index is 1.84. The van der Waals surface area contributed by atoms with Gasteiger partial charge in [-0.05, 0) is 23.8 Å². The number of fused-ring (bicyclic) bond motifs is 1. The maximum Gasteiger partial charge on any atom is 0.146 e. The lowest BCUT2D eigenvalue weighted by atomic mass is 10.1. The Morgan fingerprint density at radius 2 is 1.83 bits per heavy atom. The zero-order valence-electron chi connectivity index (χ0n) is 12.9. The van der Waals surface area contributed by atoms with E-state index in [0.717, 1.165) is 28.6 Å². The Kier molecular flexibility index (Phi) is 4.85. The molecule has 2 heteroatoms. The van der Waals surface area contributed by atoms with Gasteiger partial charge in [-0.25, -0.2) is 0 Å². The van der Waals surface area contributed by atoms with Gasteiger partial charge in [-0.1, -0.05) is 60.7 Å². The normalized spacial score (nSPS) is 12.3. The highest BCUT2D eigenvalue weighted by molar-refractivity contribution is 5.84.